The third-order valence-electron chi connectivity index (χ3n) is 9.18. The smallest absolute Gasteiger partial charge is 0.291 e. The number of carbonyl (C=O) groups excluding carboxylic acids is 1. The van der Waals surface area contributed by atoms with Gasteiger partial charge in [0.05, 0.1) is 0 Å². The Bertz CT molecular complexity index is 1600. The average Bonchev–Trinajstić information content (AvgIpc) is 3.69. The lowest BCUT2D eigenvalue weighted by atomic mass is 9.92. The van der Waals surface area contributed by atoms with Crippen molar-refractivity contribution in [2.75, 3.05) is 18.0 Å². The summed E-state index contributed by atoms with van der Waals surface area (Å²) in [7, 11) is 0. The van der Waals surface area contributed by atoms with Crippen LogP contribution in [0.2, 0.25) is 0 Å². The Labute approximate surface area is 292 Å². The number of hydrogen-bond acceptors (Lipinski definition) is 8. The Balaban J connectivity index is 1.91. The van der Waals surface area contributed by atoms with Crippen molar-refractivity contribution in [1.82, 2.24) is 19.7 Å². The minimum atomic E-state index is -0.439. The zero-order valence-corrected chi connectivity index (χ0v) is 31.3. The number of anilines is 1. The summed E-state index contributed by atoms with van der Waals surface area (Å²) in [6, 6.07) is 12.4. The number of aliphatic imine (C=N–C) groups is 1. The minimum Gasteiger partial charge on any atom is -0.347 e. The summed E-state index contributed by atoms with van der Waals surface area (Å²) < 4.78 is 1.28. The van der Waals surface area contributed by atoms with Crippen molar-refractivity contribution in [1.29, 1.82) is 5.26 Å². The molecule has 0 spiro atoms. The van der Waals surface area contributed by atoms with Gasteiger partial charge in [-0.2, -0.15) is 9.94 Å². The van der Waals surface area contributed by atoms with Crippen LogP contribution in [0.3, 0.4) is 0 Å². The first-order valence-corrected chi connectivity index (χ1v) is 18.9. The number of nitrogens with zero attached hydrogens (tertiary/aromatic N) is 7. The maximum Gasteiger partial charge on any atom is 0.291 e. The van der Waals surface area contributed by atoms with Crippen LogP contribution in [0.1, 0.15) is 130 Å². The highest BCUT2D eigenvalue weighted by atomic mass is 32.1. The maximum absolute atomic E-state index is 13.5. The van der Waals surface area contributed by atoms with Crippen molar-refractivity contribution in [3.63, 3.8) is 0 Å². The molecule has 1 aliphatic rings. The van der Waals surface area contributed by atoms with E-state index in [1.807, 2.05) is 25.1 Å². The van der Waals surface area contributed by atoms with E-state index in [0.29, 0.717) is 47.6 Å². The van der Waals surface area contributed by atoms with Crippen LogP contribution in [0, 0.1) is 28.6 Å². The molecule has 8 nitrogen and oxygen atoms in total. The van der Waals surface area contributed by atoms with Crippen LogP contribution < -0.4 is 4.90 Å². The average molecular weight is 670 g/mol. The highest BCUT2D eigenvalue weighted by Gasteiger charge is 2.34. The molecule has 0 amide bonds. The molecule has 0 fully saturated rings. The SMILES string of the molecule is CCCCC(CC)CN(CC(CC)CCCC)c1nc(-c2ccccc2)c(N=C2C(CC)=C(C#N)C(=O)n3nc(CC(C)(C)C)nc32)s1. The Hall–Kier alpha value is -3.64. The second-order valence-corrected chi connectivity index (χ2v) is 15.3. The summed E-state index contributed by atoms with van der Waals surface area (Å²) in [6.07, 6.45) is 10.6. The van der Waals surface area contributed by atoms with Gasteiger partial charge in [0.15, 0.2) is 16.8 Å². The first kappa shape index (κ1) is 37.2. The third kappa shape index (κ3) is 9.07. The highest BCUT2D eigenvalue weighted by molar-refractivity contribution is 7.19. The van der Waals surface area contributed by atoms with Crippen LogP contribution in [-0.2, 0) is 6.42 Å². The van der Waals surface area contributed by atoms with Crippen LogP contribution in [-0.4, -0.2) is 44.5 Å². The van der Waals surface area contributed by atoms with E-state index in [9.17, 15) is 10.1 Å². The van der Waals surface area contributed by atoms with Crippen molar-refractivity contribution in [3.8, 4) is 17.3 Å². The molecule has 0 bridgehead atoms. The fraction of sp³-hybridized carbons (Fsp3) is 0.590. The molecule has 3 heterocycles. The molecule has 3 aromatic rings. The summed E-state index contributed by atoms with van der Waals surface area (Å²) in [5.41, 5.74) is 2.93. The highest BCUT2D eigenvalue weighted by Crippen LogP contribution is 2.42. The number of thiazole rings is 1. The van der Waals surface area contributed by atoms with E-state index in [0.717, 1.165) is 47.3 Å². The topological polar surface area (TPSA) is 100 Å². The summed E-state index contributed by atoms with van der Waals surface area (Å²) >= 11 is 1.60. The molecular formula is C39H55N7OS. The summed E-state index contributed by atoms with van der Waals surface area (Å²) in [6.45, 7) is 19.4. The lowest BCUT2D eigenvalue weighted by Crippen LogP contribution is -2.34. The van der Waals surface area contributed by atoms with Gasteiger partial charge in [-0.3, -0.25) is 4.79 Å². The van der Waals surface area contributed by atoms with Gasteiger partial charge in [0, 0.05) is 30.6 Å². The van der Waals surface area contributed by atoms with E-state index in [-0.39, 0.29) is 11.0 Å². The van der Waals surface area contributed by atoms with Crippen molar-refractivity contribution in [3.05, 3.63) is 53.1 Å². The first-order valence-electron chi connectivity index (χ1n) is 18.1. The summed E-state index contributed by atoms with van der Waals surface area (Å²) in [5, 5.41) is 16.5. The van der Waals surface area contributed by atoms with Crippen molar-refractivity contribution in [2.45, 2.75) is 120 Å². The molecule has 1 aliphatic heterocycles. The molecule has 9 heteroatoms. The van der Waals surface area contributed by atoms with E-state index in [4.69, 9.17) is 15.0 Å². The molecule has 2 aromatic heterocycles. The van der Waals surface area contributed by atoms with Gasteiger partial charge in [0.2, 0.25) is 0 Å². The number of nitriles is 1. The van der Waals surface area contributed by atoms with Crippen LogP contribution in [0.4, 0.5) is 10.1 Å². The molecule has 48 heavy (non-hydrogen) atoms. The summed E-state index contributed by atoms with van der Waals surface area (Å²) in [5.74, 6) is 1.71. The Morgan fingerprint density at radius 3 is 2.10 bits per heavy atom. The molecule has 1 aromatic carbocycles. The zero-order chi connectivity index (χ0) is 34.8. The molecular weight excluding hydrogens is 615 g/mol. The zero-order valence-electron chi connectivity index (χ0n) is 30.5. The van der Waals surface area contributed by atoms with Gasteiger partial charge in [-0.05, 0) is 36.5 Å². The molecule has 4 rings (SSSR count). The van der Waals surface area contributed by atoms with E-state index in [1.165, 1.54) is 43.2 Å². The van der Waals surface area contributed by atoms with Gasteiger partial charge < -0.3 is 4.90 Å². The molecule has 0 saturated carbocycles. The molecule has 0 radical (unpaired) electrons. The van der Waals surface area contributed by atoms with Crippen LogP contribution in [0.5, 0.6) is 0 Å². The number of carbonyl (C=O) groups is 1. The maximum atomic E-state index is 13.5. The third-order valence-corrected chi connectivity index (χ3v) is 10.2. The fourth-order valence-electron chi connectivity index (χ4n) is 6.35. The predicted octanol–water partition coefficient (Wildman–Crippen LogP) is 10.2. The Kier molecular flexibility index (Phi) is 13.3. The Morgan fingerprint density at radius 1 is 0.958 bits per heavy atom. The number of unbranched alkanes of at least 4 members (excludes halogenated alkanes) is 2. The van der Waals surface area contributed by atoms with Gasteiger partial charge in [-0.1, -0.05) is 136 Å². The monoisotopic (exact) mass is 669 g/mol. The van der Waals surface area contributed by atoms with E-state index in [1.54, 1.807) is 11.3 Å². The van der Waals surface area contributed by atoms with Crippen LogP contribution >= 0.6 is 11.3 Å². The quantitative estimate of drug-likeness (QED) is 0.142. The number of fused-ring (bicyclic) bond motifs is 1. The molecule has 0 saturated heterocycles. The van der Waals surface area contributed by atoms with Gasteiger partial charge >= 0.3 is 0 Å². The van der Waals surface area contributed by atoms with E-state index in [2.05, 4.69) is 76.7 Å². The molecule has 2 unspecified atom stereocenters. The predicted molar refractivity (Wildman–Crippen MR) is 199 cm³/mol. The van der Waals surface area contributed by atoms with Gasteiger partial charge in [0.1, 0.15) is 28.0 Å². The standard InChI is InChI=1S/C39H55N7OS/c1-9-14-19-27(11-3)25-45(26-28(12-4)20-15-10-2)38-43-33(29-21-17-16-18-22-29)36(48-38)42-34-30(13-5)31(24-40)37(47)46-35(34)41-32(44-46)23-39(6,7)8/h16-18,21-22,27-28H,9-15,19-20,23,25-26H2,1-8H3. The van der Waals surface area contributed by atoms with Gasteiger partial charge in [0.25, 0.3) is 5.91 Å². The van der Waals surface area contributed by atoms with Gasteiger partial charge in [-0.25, -0.2) is 15.0 Å². The van der Waals surface area contributed by atoms with Crippen molar-refractivity contribution >= 4 is 33.1 Å². The lowest BCUT2D eigenvalue weighted by Gasteiger charge is -2.30. The fourth-order valence-corrected chi connectivity index (χ4v) is 7.34. The molecule has 0 aliphatic carbocycles. The number of aromatic nitrogens is 4. The molecule has 258 valence electrons. The van der Waals surface area contributed by atoms with Crippen molar-refractivity contribution < 1.29 is 4.79 Å². The van der Waals surface area contributed by atoms with Gasteiger partial charge in [-0.15, -0.1) is 5.10 Å². The van der Waals surface area contributed by atoms with Crippen LogP contribution in [0.25, 0.3) is 11.3 Å². The molecule has 0 N–H and O–H groups in total. The number of rotatable bonds is 17. The minimum absolute atomic E-state index is 0.0750. The first-order chi connectivity index (χ1) is 23.1. The largest absolute Gasteiger partial charge is 0.347 e. The second kappa shape index (κ2) is 17.1. The summed E-state index contributed by atoms with van der Waals surface area (Å²) in [4.78, 5) is 31.5. The number of allylic oxidation sites excluding steroid dienone is 2. The van der Waals surface area contributed by atoms with Crippen molar-refractivity contribution in [2.24, 2.45) is 22.2 Å². The van der Waals surface area contributed by atoms with E-state index < -0.39 is 5.91 Å². The second-order valence-electron chi connectivity index (χ2n) is 14.3. The number of hydrogen-bond donors (Lipinski definition) is 0. The number of benzene rings is 1. The lowest BCUT2D eigenvalue weighted by molar-refractivity contribution is 0.0940. The molecule has 2 atom stereocenters. The Morgan fingerprint density at radius 2 is 1.58 bits per heavy atom. The van der Waals surface area contributed by atoms with E-state index >= 15 is 0 Å². The van der Waals surface area contributed by atoms with Crippen LogP contribution in [0.15, 0.2) is 46.5 Å². The normalized spacial score (nSPS) is 15.5.